The first-order valence-electron chi connectivity index (χ1n) is 9.68. The van der Waals surface area contributed by atoms with Crippen molar-refractivity contribution in [3.8, 4) is 5.75 Å². The van der Waals surface area contributed by atoms with Crippen molar-refractivity contribution in [1.29, 1.82) is 0 Å². The van der Waals surface area contributed by atoms with Crippen LogP contribution in [0.25, 0.3) is 0 Å². The summed E-state index contributed by atoms with van der Waals surface area (Å²) < 4.78 is 10.7. The normalized spacial score (nSPS) is 15.6. The average molecular weight is 392 g/mol. The fraction of sp³-hybridized carbons (Fsp3) is 0.318. The number of methoxy groups -OCH3 is 1. The van der Waals surface area contributed by atoms with Crippen LogP contribution in [0.1, 0.15) is 29.8 Å². The van der Waals surface area contributed by atoms with E-state index in [0.29, 0.717) is 44.2 Å². The number of carbonyl (C=O) groups is 1. The molecule has 1 aliphatic rings. The van der Waals surface area contributed by atoms with Crippen molar-refractivity contribution in [2.75, 3.05) is 25.6 Å². The first-order valence-corrected chi connectivity index (χ1v) is 9.68. The van der Waals surface area contributed by atoms with E-state index in [0.717, 1.165) is 16.9 Å². The minimum absolute atomic E-state index is 0.0954. The molecule has 4 rings (SSSR count). The van der Waals surface area contributed by atoms with Crippen LogP contribution < -0.4 is 10.1 Å². The second-order valence-electron chi connectivity index (χ2n) is 7.15. The number of anilines is 1. The molecule has 1 amide bonds. The molecule has 0 aliphatic carbocycles. The fourth-order valence-corrected chi connectivity index (χ4v) is 3.71. The molecule has 7 heteroatoms. The second-order valence-corrected chi connectivity index (χ2v) is 7.15. The molecule has 1 aliphatic heterocycles. The largest absolute Gasteiger partial charge is 0.497 e. The minimum Gasteiger partial charge on any atom is -0.497 e. The topological polar surface area (TPSA) is 89.1 Å². The van der Waals surface area contributed by atoms with Crippen LogP contribution in [-0.2, 0) is 21.4 Å². The fourth-order valence-electron chi connectivity index (χ4n) is 3.71. The number of amides is 1. The van der Waals surface area contributed by atoms with Gasteiger partial charge in [-0.1, -0.05) is 42.5 Å². The molecule has 1 fully saturated rings. The molecule has 0 bridgehead atoms. The van der Waals surface area contributed by atoms with Gasteiger partial charge in [-0.05, 0) is 36.1 Å². The second kappa shape index (κ2) is 8.45. The molecule has 0 unspecified atom stereocenters. The van der Waals surface area contributed by atoms with Gasteiger partial charge in [-0.15, -0.1) is 5.10 Å². The Balaban J connectivity index is 1.48. The zero-order valence-electron chi connectivity index (χ0n) is 16.4. The number of hydrogen-bond donors (Lipinski definition) is 2. The number of nitrogens with one attached hydrogen (secondary N) is 2. The number of rotatable bonds is 6. The summed E-state index contributed by atoms with van der Waals surface area (Å²) in [7, 11) is 1.64. The minimum atomic E-state index is -0.629. The van der Waals surface area contributed by atoms with E-state index >= 15 is 0 Å². The highest BCUT2D eigenvalue weighted by Gasteiger charge is 2.42. The summed E-state index contributed by atoms with van der Waals surface area (Å²) in [4.78, 5) is 17.7. The lowest BCUT2D eigenvalue weighted by Gasteiger charge is -2.35. The van der Waals surface area contributed by atoms with Gasteiger partial charge >= 0.3 is 0 Å². The highest BCUT2D eigenvalue weighted by Crippen LogP contribution is 2.35. The van der Waals surface area contributed by atoms with E-state index in [1.807, 2.05) is 54.6 Å². The summed E-state index contributed by atoms with van der Waals surface area (Å²) in [6.45, 7) is 1.11. The Labute approximate surface area is 169 Å². The standard InChI is InChI=1S/C22H24N4O3/c1-28-18-9-7-16(8-10-18)15-19-23-21(26-25-19)24-20(27)22(11-13-29-14-12-22)17-5-3-2-4-6-17/h2-10H,11-15H2,1H3,(H2,23,24,25,26,27). The third kappa shape index (κ3) is 4.14. The van der Waals surface area contributed by atoms with E-state index in [1.165, 1.54) is 0 Å². The van der Waals surface area contributed by atoms with Crippen LogP contribution in [0.4, 0.5) is 5.95 Å². The lowest BCUT2D eigenvalue weighted by Crippen LogP contribution is -2.45. The molecule has 0 radical (unpaired) electrons. The van der Waals surface area contributed by atoms with Crippen molar-refractivity contribution in [2.45, 2.75) is 24.7 Å². The van der Waals surface area contributed by atoms with Crippen molar-refractivity contribution < 1.29 is 14.3 Å². The smallest absolute Gasteiger partial charge is 0.248 e. The molecular formula is C22H24N4O3. The van der Waals surface area contributed by atoms with E-state index in [2.05, 4.69) is 20.5 Å². The van der Waals surface area contributed by atoms with Crippen LogP contribution >= 0.6 is 0 Å². The first-order chi connectivity index (χ1) is 14.2. The van der Waals surface area contributed by atoms with Crippen molar-refractivity contribution in [3.63, 3.8) is 0 Å². The molecule has 1 aromatic heterocycles. The third-order valence-electron chi connectivity index (χ3n) is 5.40. The van der Waals surface area contributed by atoms with E-state index in [9.17, 15) is 4.79 Å². The maximum atomic E-state index is 13.3. The number of aromatic amines is 1. The van der Waals surface area contributed by atoms with Gasteiger partial charge in [0.25, 0.3) is 0 Å². The van der Waals surface area contributed by atoms with E-state index < -0.39 is 5.41 Å². The number of hydrogen-bond acceptors (Lipinski definition) is 5. The van der Waals surface area contributed by atoms with Crippen LogP contribution in [0.2, 0.25) is 0 Å². The molecule has 0 saturated carbocycles. The van der Waals surface area contributed by atoms with Crippen LogP contribution in [0.15, 0.2) is 54.6 Å². The van der Waals surface area contributed by atoms with Gasteiger partial charge in [0.15, 0.2) is 0 Å². The summed E-state index contributed by atoms with van der Waals surface area (Å²) >= 11 is 0. The maximum absolute atomic E-state index is 13.3. The van der Waals surface area contributed by atoms with Gasteiger partial charge in [-0.25, -0.2) is 0 Å². The lowest BCUT2D eigenvalue weighted by molar-refractivity contribution is -0.125. The van der Waals surface area contributed by atoms with Gasteiger partial charge < -0.3 is 9.47 Å². The maximum Gasteiger partial charge on any atom is 0.248 e. The Kier molecular flexibility index (Phi) is 5.57. The molecule has 3 aromatic rings. The predicted octanol–water partition coefficient (Wildman–Crippen LogP) is 3.09. The van der Waals surface area contributed by atoms with Gasteiger partial charge in [-0.3, -0.25) is 15.2 Å². The van der Waals surface area contributed by atoms with E-state index in [-0.39, 0.29) is 5.91 Å². The molecule has 2 aromatic carbocycles. The number of H-pyrrole nitrogens is 1. The van der Waals surface area contributed by atoms with Crippen LogP contribution in [-0.4, -0.2) is 41.4 Å². The molecule has 29 heavy (non-hydrogen) atoms. The van der Waals surface area contributed by atoms with Gasteiger partial charge in [0.2, 0.25) is 11.9 Å². The van der Waals surface area contributed by atoms with Gasteiger partial charge in [-0.2, -0.15) is 4.98 Å². The number of benzene rings is 2. The Morgan fingerprint density at radius 2 is 1.86 bits per heavy atom. The SMILES string of the molecule is COc1ccc(Cc2nc(NC(=O)C3(c4ccccc4)CCOCC3)n[nH]2)cc1. The number of ether oxygens (including phenoxy) is 2. The molecule has 0 atom stereocenters. The molecular weight excluding hydrogens is 368 g/mol. The Hall–Kier alpha value is -3.19. The molecule has 1 saturated heterocycles. The lowest BCUT2D eigenvalue weighted by atomic mass is 9.73. The molecule has 2 heterocycles. The summed E-state index contributed by atoms with van der Waals surface area (Å²) in [6, 6.07) is 17.6. The monoisotopic (exact) mass is 392 g/mol. The van der Waals surface area contributed by atoms with Crippen molar-refractivity contribution in [1.82, 2.24) is 15.2 Å². The van der Waals surface area contributed by atoms with Gasteiger partial charge in [0.05, 0.1) is 12.5 Å². The van der Waals surface area contributed by atoms with E-state index in [1.54, 1.807) is 7.11 Å². The highest BCUT2D eigenvalue weighted by atomic mass is 16.5. The molecule has 2 N–H and O–H groups in total. The number of carbonyl (C=O) groups excluding carboxylic acids is 1. The predicted molar refractivity (Wildman–Crippen MR) is 109 cm³/mol. The summed E-state index contributed by atoms with van der Waals surface area (Å²) in [6.07, 6.45) is 1.85. The van der Waals surface area contributed by atoms with E-state index in [4.69, 9.17) is 9.47 Å². The van der Waals surface area contributed by atoms with Crippen molar-refractivity contribution >= 4 is 11.9 Å². The average Bonchev–Trinajstić information content (AvgIpc) is 3.22. The molecule has 7 nitrogen and oxygen atoms in total. The van der Waals surface area contributed by atoms with Gasteiger partial charge in [0.1, 0.15) is 11.6 Å². The zero-order valence-corrected chi connectivity index (χ0v) is 16.4. The quantitative estimate of drug-likeness (QED) is 0.673. The molecule has 150 valence electrons. The Morgan fingerprint density at radius 1 is 1.14 bits per heavy atom. The van der Waals surface area contributed by atoms with Crippen molar-refractivity contribution in [2.24, 2.45) is 0 Å². The summed E-state index contributed by atoms with van der Waals surface area (Å²) in [5.41, 5.74) is 1.44. The number of nitrogens with zero attached hydrogens (tertiary/aromatic N) is 2. The van der Waals surface area contributed by atoms with Crippen LogP contribution in [0, 0.1) is 0 Å². The third-order valence-corrected chi connectivity index (χ3v) is 5.40. The summed E-state index contributed by atoms with van der Waals surface area (Å²) in [5.74, 6) is 1.69. The highest BCUT2D eigenvalue weighted by molar-refractivity contribution is 5.98. The van der Waals surface area contributed by atoms with Crippen LogP contribution in [0.3, 0.4) is 0 Å². The zero-order chi connectivity index (χ0) is 20.1. The Bertz CT molecular complexity index is 948. The van der Waals surface area contributed by atoms with Crippen LogP contribution in [0.5, 0.6) is 5.75 Å². The van der Waals surface area contributed by atoms with Crippen molar-refractivity contribution in [3.05, 3.63) is 71.5 Å². The number of aromatic nitrogens is 3. The molecule has 0 spiro atoms. The Morgan fingerprint density at radius 3 is 2.55 bits per heavy atom. The first kappa shape index (κ1) is 19.1. The summed E-state index contributed by atoms with van der Waals surface area (Å²) in [5, 5.41) is 10.0. The van der Waals surface area contributed by atoms with Gasteiger partial charge in [0, 0.05) is 19.6 Å².